The number of anilines is 2. The summed E-state index contributed by atoms with van der Waals surface area (Å²) in [6.07, 6.45) is 0. The number of amides is 1. The molecule has 0 saturated heterocycles. The van der Waals surface area contributed by atoms with Gasteiger partial charge in [-0.05, 0) is 64.8 Å². The fourth-order valence-corrected chi connectivity index (χ4v) is 2.09. The van der Waals surface area contributed by atoms with Crippen LogP contribution in [0.5, 0.6) is 0 Å². The monoisotopic (exact) mass is 338 g/mol. The number of halogens is 2. The lowest BCUT2D eigenvalue weighted by atomic mass is 10.1. The Morgan fingerprint density at radius 2 is 2.00 bits per heavy atom. The van der Waals surface area contributed by atoms with E-state index in [1.165, 1.54) is 0 Å². The van der Waals surface area contributed by atoms with Crippen LogP contribution in [0.25, 0.3) is 0 Å². The highest BCUT2D eigenvalue weighted by atomic mass is 79.9. The maximum absolute atomic E-state index is 12.1. The van der Waals surface area contributed by atoms with Crippen molar-refractivity contribution in [1.29, 1.82) is 0 Å². The summed E-state index contributed by atoms with van der Waals surface area (Å²) in [7, 11) is 0. The Hall–Kier alpha value is -1.52. The molecular weight excluding hydrogens is 328 g/mol. The normalized spacial score (nSPS) is 10.3. The molecule has 3 nitrogen and oxygen atoms in total. The molecule has 0 heterocycles. The van der Waals surface area contributed by atoms with E-state index < -0.39 is 0 Å². The van der Waals surface area contributed by atoms with Crippen LogP contribution < -0.4 is 11.1 Å². The van der Waals surface area contributed by atoms with Gasteiger partial charge in [0.05, 0.1) is 5.02 Å². The molecule has 19 heavy (non-hydrogen) atoms. The molecule has 0 aliphatic carbocycles. The molecule has 0 saturated carbocycles. The van der Waals surface area contributed by atoms with Crippen molar-refractivity contribution in [2.45, 2.75) is 6.92 Å². The Morgan fingerprint density at radius 3 is 2.63 bits per heavy atom. The molecule has 0 radical (unpaired) electrons. The Balaban J connectivity index is 2.20. The summed E-state index contributed by atoms with van der Waals surface area (Å²) in [6.45, 7) is 1.87. The average Bonchev–Trinajstić information content (AvgIpc) is 2.37. The zero-order chi connectivity index (χ0) is 14.0. The zero-order valence-corrected chi connectivity index (χ0v) is 12.5. The quantitative estimate of drug-likeness (QED) is 0.804. The molecule has 0 atom stereocenters. The first-order chi connectivity index (χ1) is 8.97. The van der Waals surface area contributed by atoms with E-state index in [4.69, 9.17) is 17.3 Å². The summed E-state index contributed by atoms with van der Waals surface area (Å²) in [5.41, 5.74) is 8.52. The van der Waals surface area contributed by atoms with E-state index in [1.807, 2.05) is 6.92 Å². The number of nitrogen functional groups attached to an aromatic ring is 1. The van der Waals surface area contributed by atoms with E-state index in [0.717, 1.165) is 10.0 Å². The van der Waals surface area contributed by atoms with Gasteiger partial charge in [0, 0.05) is 21.4 Å². The van der Waals surface area contributed by atoms with Crippen LogP contribution in [0.15, 0.2) is 40.9 Å². The third-order valence-electron chi connectivity index (χ3n) is 2.71. The van der Waals surface area contributed by atoms with E-state index in [-0.39, 0.29) is 5.91 Å². The van der Waals surface area contributed by atoms with Crippen LogP contribution in [0, 0.1) is 6.92 Å². The van der Waals surface area contributed by atoms with Gasteiger partial charge >= 0.3 is 0 Å². The first-order valence-electron chi connectivity index (χ1n) is 5.60. The van der Waals surface area contributed by atoms with Gasteiger partial charge in [-0.1, -0.05) is 11.6 Å². The standard InChI is InChI=1S/C14H12BrClN2O/c1-8-6-9(2-5-13(8)17)14(19)18-10-3-4-12(16)11(15)7-10/h2-7H,17H2,1H3,(H,18,19). The van der Waals surface area contributed by atoms with Crippen molar-refractivity contribution in [2.75, 3.05) is 11.1 Å². The number of benzene rings is 2. The summed E-state index contributed by atoms with van der Waals surface area (Å²) in [6, 6.07) is 10.4. The lowest BCUT2D eigenvalue weighted by Gasteiger charge is -2.08. The molecule has 2 aromatic carbocycles. The molecule has 98 valence electrons. The van der Waals surface area contributed by atoms with Crippen molar-refractivity contribution in [2.24, 2.45) is 0 Å². The number of carbonyl (C=O) groups excluding carboxylic acids is 1. The molecule has 0 unspecified atom stereocenters. The first-order valence-corrected chi connectivity index (χ1v) is 6.77. The molecule has 0 fully saturated rings. The lowest BCUT2D eigenvalue weighted by Crippen LogP contribution is -2.12. The number of nitrogens with one attached hydrogen (secondary N) is 1. The maximum Gasteiger partial charge on any atom is 0.255 e. The minimum Gasteiger partial charge on any atom is -0.399 e. The van der Waals surface area contributed by atoms with Gasteiger partial charge in [-0.2, -0.15) is 0 Å². The fourth-order valence-electron chi connectivity index (χ4n) is 1.59. The molecule has 0 aromatic heterocycles. The van der Waals surface area contributed by atoms with Gasteiger partial charge in [0.15, 0.2) is 0 Å². The van der Waals surface area contributed by atoms with E-state index >= 15 is 0 Å². The van der Waals surface area contributed by atoms with Crippen LogP contribution in [-0.4, -0.2) is 5.91 Å². The summed E-state index contributed by atoms with van der Waals surface area (Å²) in [5.74, 6) is -0.183. The molecule has 1 amide bonds. The molecule has 0 bridgehead atoms. The van der Waals surface area contributed by atoms with Crippen LogP contribution in [0.2, 0.25) is 5.02 Å². The van der Waals surface area contributed by atoms with Crippen molar-refractivity contribution >= 4 is 44.8 Å². The van der Waals surface area contributed by atoms with Gasteiger partial charge in [-0.3, -0.25) is 4.79 Å². The molecule has 0 spiro atoms. The summed E-state index contributed by atoms with van der Waals surface area (Å²) >= 11 is 9.21. The highest BCUT2D eigenvalue weighted by Crippen LogP contribution is 2.26. The Labute approximate surface area is 124 Å². The van der Waals surface area contributed by atoms with Crippen LogP contribution in [0.4, 0.5) is 11.4 Å². The number of hydrogen-bond donors (Lipinski definition) is 2. The van der Waals surface area contributed by atoms with Gasteiger partial charge in [0.2, 0.25) is 0 Å². The van der Waals surface area contributed by atoms with Gasteiger partial charge in [-0.25, -0.2) is 0 Å². The first kappa shape index (κ1) is 13.9. The SMILES string of the molecule is Cc1cc(C(=O)Nc2ccc(Cl)c(Br)c2)ccc1N. The molecule has 0 aliphatic rings. The van der Waals surface area contributed by atoms with Crippen LogP contribution in [-0.2, 0) is 0 Å². The number of aryl methyl sites for hydroxylation is 1. The van der Waals surface area contributed by atoms with E-state index in [9.17, 15) is 4.79 Å². The number of rotatable bonds is 2. The summed E-state index contributed by atoms with van der Waals surface area (Å²) < 4.78 is 0.737. The van der Waals surface area contributed by atoms with Crippen molar-refractivity contribution < 1.29 is 4.79 Å². The fraction of sp³-hybridized carbons (Fsp3) is 0.0714. The third kappa shape index (κ3) is 3.28. The highest BCUT2D eigenvalue weighted by Gasteiger charge is 2.08. The number of carbonyl (C=O) groups is 1. The van der Waals surface area contributed by atoms with Gasteiger partial charge in [-0.15, -0.1) is 0 Å². The van der Waals surface area contributed by atoms with Gasteiger partial charge in [0.25, 0.3) is 5.91 Å². The van der Waals surface area contributed by atoms with Crippen LogP contribution in [0.1, 0.15) is 15.9 Å². The predicted molar refractivity (Wildman–Crippen MR) is 82.7 cm³/mol. The molecule has 3 N–H and O–H groups in total. The minimum atomic E-state index is -0.183. The Morgan fingerprint density at radius 1 is 1.26 bits per heavy atom. The maximum atomic E-state index is 12.1. The second-order valence-electron chi connectivity index (χ2n) is 4.15. The van der Waals surface area contributed by atoms with Crippen molar-refractivity contribution in [3.63, 3.8) is 0 Å². The highest BCUT2D eigenvalue weighted by molar-refractivity contribution is 9.10. The third-order valence-corrected chi connectivity index (χ3v) is 3.92. The summed E-state index contributed by atoms with van der Waals surface area (Å²) in [5, 5.41) is 3.40. The van der Waals surface area contributed by atoms with Crippen molar-refractivity contribution in [3.8, 4) is 0 Å². The Kier molecular flexibility index (Phi) is 4.12. The molecule has 2 rings (SSSR count). The topological polar surface area (TPSA) is 55.1 Å². The van der Waals surface area contributed by atoms with Crippen molar-refractivity contribution in [1.82, 2.24) is 0 Å². The molecular formula is C14H12BrClN2O. The van der Waals surface area contributed by atoms with E-state index in [1.54, 1.807) is 36.4 Å². The summed E-state index contributed by atoms with van der Waals surface area (Å²) in [4.78, 5) is 12.1. The van der Waals surface area contributed by atoms with E-state index in [0.29, 0.717) is 22.0 Å². The second-order valence-corrected chi connectivity index (χ2v) is 5.42. The largest absolute Gasteiger partial charge is 0.399 e. The lowest BCUT2D eigenvalue weighted by molar-refractivity contribution is 0.102. The van der Waals surface area contributed by atoms with Crippen molar-refractivity contribution in [3.05, 3.63) is 57.0 Å². The molecule has 5 heteroatoms. The van der Waals surface area contributed by atoms with Gasteiger partial charge < -0.3 is 11.1 Å². The molecule has 2 aromatic rings. The second kappa shape index (κ2) is 5.63. The predicted octanol–water partition coefficient (Wildman–Crippen LogP) is 4.25. The number of hydrogen-bond acceptors (Lipinski definition) is 2. The van der Waals surface area contributed by atoms with E-state index in [2.05, 4.69) is 21.2 Å². The Bertz CT molecular complexity index is 643. The van der Waals surface area contributed by atoms with Crippen LogP contribution >= 0.6 is 27.5 Å². The van der Waals surface area contributed by atoms with Gasteiger partial charge in [0.1, 0.15) is 0 Å². The smallest absolute Gasteiger partial charge is 0.255 e. The average molecular weight is 340 g/mol. The zero-order valence-electron chi connectivity index (χ0n) is 10.2. The van der Waals surface area contributed by atoms with Crippen LogP contribution in [0.3, 0.4) is 0 Å². The minimum absolute atomic E-state index is 0.183. The number of nitrogens with two attached hydrogens (primary N) is 1. The molecule has 0 aliphatic heterocycles.